The molecule has 676 valence electrons. The Morgan fingerprint density at radius 1 is 0.484 bits per heavy atom. The average Bonchev–Trinajstić information content (AvgIpc) is 1.65. The van der Waals surface area contributed by atoms with Crippen molar-refractivity contribution in [2.45, 2.75) is 176 Å². The number of nitrogens with two attached hydrogens (primary N) is 1. The molecule has 0 spiro atoms. The fraction of sp³-hybridized carbons (Fsp3) is 0.500. The van der Waals surface area contributed by atoms with E-state index in [9.17, 15) is 107 Å². The summed E-state index contributed by atoms with van der Waals surface area (Å²) in [5, 5.41) is 85.5. The van der Waals surface area contributed by atoms with Crippen molar-refractivity contribution in [2.24, 2.45) is 5.73 Å². The van der Waals surface area contributed by atoms with Gasteiger partial charge in [0, 0.05) is 92.4 Å². The number of hydrogen-bond acceptors (Lipinski definition) is 26. The number of thiol groups is 4. The average molecular weight is 1810 g/mol. The van der Waals surface area contributed by atoms with Crippen molar-refractivity contribution in [1.29, 1.82) is 5.41 Å². The van der Waals surface area contributed by atoms with Gasteiger partial charge in [0.15, 0.2) is 11.7 Å². The van der Waals surface area contributed by atoms with Crippen LogP contribution in [0.4, 0.5) is 0 Å². The molecular formula is C78H108N20O22S4. The summed E-state index contributed by atoms with van der Waals surface area (Å²) >= 11 is 16.9. The second-order valence-corrected chi connectivity index (χ2v) is 30.7. The Labute approximate surface area is 734 Å². The fourth-order valence-corrected chi connectivity index (χ4v) is 14.4. The number of aromatic nitrogens is 1. The van der Waals surface area contributed by atoms with E-state index >= 15 is 0 Å². The summed E-state index contributed by atoms with van der Waals surface area (Å²) in [5.41, 5.74) is 7.72. The highest BCUT2D eigenvalue weighted by atomic mass is 32.1. The fourth-order valence-electron chi connectivity index (χ4n) is 13.3. The maximum Gasteiger partial charge on any atom is 0.303 e. The predicted molar refractivity (Wildman–Crippen MR) is 460 cm³/mol. The lowest BCUT2D eigenvalue weighted by Gasteiger charge is -2.32. The van der Waals surface area contributed by atoms with Crippen LogP contribution in [0, 0.1) is 5.41 Å². The number of guanidine groups is 1. The first-order valence-electron chi connectivity index (χ1n) is 39.6. The number of carboxylic acids is 1. The van der Waals surface area contributed by atoms with Crippen LogP contribution >= 0.6 is 50.5 Å². The van der Waals surface area contributed by atoms with Gasteiger partial charge in [-0.1, -0.05) is 60.7 Å². The van der Waals surface area contributed by atoms with Gasteiger partial charge in [-0.05, 0) is 93.7 Å². The summed E-state index contributed by atoms with van der Waals surface area (Å²) in [6.45, 7) is 0.260. The van der Waals surface area contributed by atoms with Crippen molar-refractivity contribution in [2.75, 3.05) is 68.9 Å². The number of likely N-dealkylation sites (tertiary alicyclic amines) is 2. The van der Waals surface area contributed by atoms with Gasteiger partial charge in [-0.3, -0.25) is 91.7 Å². The number of phenols is 1. The number of aromatic hydroxyl groups is 1. The number of carboxylic acid groups (broad SMARTS) is 1. The van der Waals surface area contributed by atoms with E-state index in [1.807, 2.05) is 0 Å². The number of ketones is 1. The van der Waals surface area contributed by atoms with Crippen LogP contribution in [0.3, 0.4) is 0 Å². The number of aliphatic hydroxyl groups is 2. The Balaban J connectivity index is 1.10. The number of H-pyrrole nitrogens is 1. The second-order valence-electron chi connectivity index (χ2n) is 29.3. The third-order valence-corrected chi connectivity index (χ3v) is 21.4. The number of phenolic OH excluding ortho intramolecular Hbond substituents is 1. The number of carbonyl (C=O) groups is 18. The van der Waals surface area contributed by atoms with Crippen LogP contribution in [-0.4, -0.2) is 301 Å². The van der Waals surface area contributed by atoms with Crippen LogP contribution in [-0.2, 0) is 106 Å². The standard InChI is InChI=1S/C78H108N20O22S4/c1-40(85-42(3)102)65(108)83-32-62(104)86-55(35-100)72(115)96-58(38-123)73(116)90-52(29-44-19-21-46(103)22-20-44)70(113)95-59(39-124)75(118)92-54(34-99)66(109)84-33-63(105)97-26-11-18-61(97)77(120)98-27-10-17-60(98)76(119)88-49(16-9-25-81-78(79)80)67(110)89-51(28-43-12-5-4-6-13-43)69(112)87-50(23-24-64(106)107)68(111)94-57(37-122)74(117)91-53(71(114)93-56(36-121)41(2)101)30-45-31-82-48-15-8-7-14-47(45)48/h4-8,12-15,19-22,31,40,49-61,82,99-100,103,121-124H,9-11,16-18,23-30,32-39H2,1-3H3,(H,83,108)(H,84,109)(H,85,102)(H,86,104)(H,87,112)(H,88,119)(H,89,110)(H,90,116)(H,91,117)(H,92,118)(H,93,114)(H,94,111)(H,95,113)(H,96,115)(H,106,107)(H4,79,80,81)/t40-,49-,50-,51-,52-,53-,54-,55-,56-,57-,58-,59-,60-,61-/m0/s1. The Hall–Kier alpha value is -11.8. The molecule has 0 saturated carbocycles. The van der Waals surface area contributed by atoms with Gasteiger partial charge < -0.3 is 121 Å². The van der Waals surface area contributed by atoms with E-state index in [1.54, 1.807) is 60.8 Å². The normalized spacial score (nSPS) is 16.4. The van der Waals surface area contributed by atoms with Crippen molar-refractivity contribution < 1.29 is 107 Å². The molecule has 46 heteroatoms. The van der Waals surface area contributed by atoms with E-state index in [2.05, 4.69) is 135 Å². The van der Waals surface area contributed by atoms with Gasteiger partial charge in [0.25, 0.3) is 0 Å². The number of rotatable bonds is 49. The van der Waals surface area contributed by atoms with Gasteiger partial charge >= 0.3 is 5.97 Å². The van der Waals surface area contributed by atoms with Crippen molar-refractivity contribution in [3.8, 4) is 5.75 Å². The van der Waals surface area contributed by atoms with Gasteiger partial charge in [-0.2, -0.15) is 50.5 Å². The molecule has 1 aromatic heterocycles. The van der Waals surface area contributed by atoms with Gasteiger partial charge in [-0.25, -0.2) is 0 Å². The van der Waals surface area contributed by atoms with Gasteiger partial charge in [0.1, 0.15) is 84.3 Å². The van der Waals surface area contributed by atoms with Crippen molar-refractivity contribution in [1.82, 2.24) is 94.5 Å². The molecule has 14 atom stereocenters. The maximum absolute atomic E-state index is 14.8. The lowest BCUT2D eigenvalue weighted by molar-refractivity contribution is -0.147. The zero-order chi connectivity index (χ0) is 91.4. The molecule has 0 radical (unpaired) electrons. The summed E-state index contributed by atoms with van der Waals surface area (Å²) in [7, 11) is 0. The predicted octanol–water partition coefficient (Wildman–Crippen LogP) is -6.61. The highest BCUT2D eigenvalue weighted by molar-refractivity contribution is 7.80. The van der Waals surface area contributed by atoms with Crippen LogP contribution in [0.5, 0.6) is 5.75 Å². The molecule has 4 aromatic rings. The molecule has 0 bridgehead atoms. The Bertz CT molecular complexity index is 4480. The molecule has 2 aliphatic rings. The highest BCUT2D eigenvalue weighted by Crippen LogP contribution is 2.26. The first kappa shape index (κ1) is 101. The van der Waals surface area contributed by atoms with Crippen LogP contribution in [0.15, 0.2) is 85.1 Å². The molecule has 0 unspecified atom stereocenters. The van der Waals surface area contributed by atoms with E-state index < -0.39 is 253 Å². The summed E-state index contributed by atoms with van der Waals surface area (Å²) in [4.78, 5) is 251. The van der Waals surface area contributed by atoms with Gasteiger partial charge in [-0.15, -0.1) is 0 Å². The molecule has 2 fully saturated rings. The van der Waals surface area contributed by atoms with Crippen LogP contribution in [0.25, 0.3) is 10.9 Å². The van der Waals surface area contributed by atoms with E-state index in [-0.39, 0.29) is 88.9 Å². The molecule has 124 heavy (non-hydrogen) atoms. The molecule has 0 aliphatic carbocycles. The number of nitrogens with one attached hydrogen (secondary N) is 17. The Morgan fingerprint density at radius 2 is 0.927 bits per heavy atom. The lowest BCUT2D eigenvalue weighted by Crippen LogP contribution is -2.61. The van der Waals surface area contributed by atoms with Crippen LogP contribution < -0.4 is 85.5 Å². The first-order chi connectivity index (χ1) is 59.0. The SMILES string of the molecule is CC(=O)N[C@@H](C)C(=O)NCC(=O)N[C@@H](CO)C(=O)N[C@@H](CS)C(=O)N[C@@H](Cc1ccc(O)cc1)C(=O)N[C@@H](CS)C(=O)N[C@@H](CO)C(=O)NCC(=O)N1CCC[C@H]1C(=O)N1CCC[C@H]1C(=O)N[C@@H](CCCNC(=N)N)C(=O)N[C@@H](Cc1ccccc1)C(=O)N[C@@H](CCC(=O)O)C(=O)N[C@@H](CS)C(=O)N[C@@H](Cc1c[nH]c2ccccc12)C(=O)N[C@@H](CS)C(C)=O. The van der Waals surface area contributed by atoms with Crippen molar-refractivity contribution in [3.63, 3.8) is 0 Å². The number of Topliss-reactive ketones (excluding diaryl/α,β-unsaturated/α-hetero) is 1. The number of carbonyl (C=O) groups excluding carboxylic acids is 17. The first-order valence-corrected chi connectivity index (χ1v) is 42.1. The van der Waals surface area contributed by atoms with E-state index in [4.69, 9.17) is 11.1 Å². The molecule has 6 rings (SSSR count). The molecule has 2 saturated heterocycles. The monoisotopic (exact) mass is 1800 g/mol. The molecular weight excluding hydrogens is 1700 g/mol. The maximum atomic E-state index is 14.8. The van der Waals surface area contributed by atoms with Crippen LogP contribution in [0.2, 0.25) is 0 Å². The minimum Gasteiger partial charge on any atom is -0.508 e. The van der Waals surface area contributed by atoms with E-state index in [0.717, 1.165) is 10.9 Å². The Morgan fingerprint density at radius 3 is 1.45 bits per heavy atom. The number of amides is 16. The molecule has 16 amide bonds. The van der Waals surface area contributed by atoms with Crippen molar-refractivity contribution >= 4 is 174 Å². The topological polar surface area (TPSA) is 641 Å². The quantitative estimate of drug-likeness (QED) is 0.00846. The number of hydrogen-bond donors (Lipinski definition) is 26. The highest BCUT2D eigenvalue weighted by Gasteiger charge is 2.44. The zero-order valence-corrected chi connectivity index (χ0v) is 71.7. The van der Waals surface area contributed by atoms with Crippen LogP contribution in [0.1, 0.15) is 88.8 Å². The summed E-state index contributed by atoms with van der Waals surface area (Å²) in [5.74, 6) is -18.3. The summed E-state index contributed by atoms with van der Waals surface area (Å²) < 4.78 is 0. The number of aromatic amines is 1. The summed E-state index contributed by atoms with van der Waals surface area (Å²) in [6.07, 6.45) is 0.310. The third kappa shape index (κ3) is 31.5. The number of para-hydroxylation sites is 1. The zero-order valence-electron chi connectivity index (χ0n) is 68.1. The van der Waals surface area contributed by atoms with Gasteiger partial charge in [0.2, 0.25) is 94.5 Å². The smallest absolute Gasteiger partial charge is 0.303 e. The third-order valence-electron chi connectivity index (χ3n) is 20.0. The molecule has 23 N–H and O–H groups in total. The number of aliphatic carboxylic acids is 1. The minimum absolute atomic E-state index is 0.00134. The molecule has 42 nitrogen and oxygen atoms in total. The molecule has 3 heterocycles. The molecule has 3 aromatic carbocycles. The van der Waals surface area contributed by atoms with E-state index in [0.29, 0.717) is 16.7 Å². The number of aliphatic hydroxyl groups excluding tert-OH is 2. The summed E-state index contributed by atoms with van der Waals surface area (Å²) in [6, 6.07) is 0.381. The molecule has 2 aliphatic heterocycles. The largest absolute Gasteiger partial charge is 0.508 e. The lowest BCUT2D eigenvalue weighted by atomic mass is 10.0. The van der Waals surface area contributed by atoms with E-state index in [1.165, 1.54) is 54.8 Å². The van der Waals surface area contributed by atoms with Gasteiger partial charge in [0.05, 0.1) is 32.3 Å². The van der Waals surface area contributed by atoms with Crippen molar-refractivity contribution in [3.05, 3.63) is 102 Å². The number of benzene rings is 3. The minimum atomic E-state index is -1.79. The second kappa shape index (κ2) is 50.7. The number of fused-ring (bicyclic) bond motifs is 1. The Kier molecular flexibility index (Phi) is 41.4. The number of nitrogens with zero attached hydrogens (tertiary/aromatic N) is 2.